The number of thiophene rings is 1. The maximum atomic E-state index is 12.0. The summed E-state index contributed by atoms with van der Waals surface area (Å²) < 4.78 is 5.46. The molecular formula is C14H9Cl2N3O2S. The number of benzene rings is 1. The Bertz CT molecular complexity index is 782. The number of hydrogen-bond donors (Lipinski definition) is 1. The van der Waals surface area contributed by atoms with Gasteiger partial charge in [-0.3, -0.25) is 4.79 Å². The highest BCUT2D eigenvalue weighted by Gasteiger charge is 2.13. The second-order valence-corrected chi connectivity index (χ2v) is 6.05. The van der Waals surface area contributed by atoms with E-state index in [0.29, 0.717) is 21.6 Å². The molecule has 8 heteroatoms. The summed E-state index contributed by atoms with van der Waals surface area (Å²) in [5, 5.41) is 15.2. The largest absolute Gasteiger partial charge is 0.420 e. The smallest absolute Gasteiger partial charge is 0.248 e. The second-order valence-electron chi connectivity index (χ2n) is 4.40. The fourth-order valence-corrected chi connectivity index (χ4v) is 2.95. The number of halogens is 2. The van der Waals surface area contributed by atoms with Gasteiger partial charge in [-0.25, -0.2) is 0 Å². The number of carbonyl (C=O) groups excluding carboxylic acids is 1. The van der Waals surface area contributed by atoms with E-state index in [1.807, 2.05) is 16.8 Å². The van der Waals surface area contributed by atoms with Crippen molar-refractivity contribution < 1.29 is 9.21 Å². The van der Waals surface area contributed by atoms with Crippen LogP contribution in [0.1, 0.15) is 5.89 Å². The summed E-state index contributed by atoms with van der Waals surface area (Å²) in [6, 6.07) is 6.67. The van der Waals surface area contributed by atoms with Crippen LogP contribution in [0.2, 0.25) is 10.0 Å². The minimum Gasteiger partial charge on any atom is -0.420 e. The molecule has 0 fully saturated rings. The maximum absolute atomic E-state index is 12.0. The molecule has 0 aliphatic rings. The summed E-state index contributed by atoms with van der Waals surface area (Å²) in [6.07, 6.45) is -0.0265. The molecule has 3 aromatic rings. The number of amides is 1. The number of anilines is 1. The monoisotopic (exact) mass is 353 g/mol. The normalized spacial score (nSPS) is 10.6. The van der Waals surface area contributed by atoms with Crippen LogP contribution in [0.3, 0.4) is 0 Å². The molecule has 2 aromatic heterocycles. The maximum Gasteiger partial charge on any atom is 0.248 e. The zero-order chi connectivity index (χ0) is 15.5. The summed E-state index contributed by atoms with van der Waals surface area (Å²) >= 11 is 13.3. The molecule has 1 aromatic carbocycles. The number of rotatable bonds is 4. The molecule has 0 saturated carbocycles. The Hall–Kier alpha value is -1.89. The molecule has 5 nitrogen and oxygen atoms in total. The van der Waals surface area contributed by atoms with Crippen molar-refractivity contribution in [2.75, 3.05) is 5.32 Å². The molecule has 1 N–H and O–H groups in total. The van der Waals surface area contributed by atoms with Crippen molar-refractivity contribution in [1.82, 2.24) is 10.2 Å². The molecule has 0 bridgehead atoms. The van der Waals surface area contributed by atoms with Gasteiger partial charge in [0.25, 0.3) is 0 Å². The van der Waals surface area contributed by atoms with Crippen LogP contribution < -0.4 is 5.32 Å². The highest BCUT2D eigenvalue weighted by Crippen LogP contribution is 2.23. The van der Waals surface area contributed by atoms with Crippen LogP contribution >= 0.6 is 34.5 Å². The van der Waals surface area contributed by atoms with E-state index < -0.39 is 0 Å². The predicted octanol–water partition coefficient (Wildman–Crippen LogP) is 4.29. The summed E-state index contributed by atoms with van der Waals surface area (Å²) in [7, 11) is 0. The molecule has 22 heavy (non-hydrogen) atoms. The van der Waals surface area contributed by atoms with E-state index in [-0.39, 0.29) is 18.2 Å². The Labute approximate surface area is 139 Å². The summed E-state index contributed by atoms with van der Waals surface area (Å²) in [4.78, 5) is 12.0. The lowest BCUT2D eigenvalue weighted by molar-refractivity contribution is -0.115. The third-order valence-corrected chi connectivity index (χ3v) is 3.81. The topological polar surface area (TPSA) is 68.0 Å². The lowest BCUT2D eigenvalue weighted by Crippen LogP contribution is -2.14. The first-order chi connectivity index (χ1) is 10.6. The molecule has 0 unspecified atom stereocenters. The number of hydrogen-bond acceptors (Lipinski definition) is 5. The van der Waals surface area contributed by atoms with Crippen LogP contribution in [0.4, 0.5) is 5.69 Å². The van der Waals surface area contributed by atoms with Gasteiger partial charge in [0.1, 0.15) is 6.42 Å². The van der Waals surface area contributed by atoms with E-state index in [0.717, 1.165) is 5.56 Å². The Morgan fingerprint density at radius 1 is 1.23 bits per heavy atom. The quantitative estimate of drug-likeness (QED) is 0.759. The van der Waals surface area contributed by atoms with Gasteiger partial charge >= 0.3 is 0 Å². The number of nitrogens with zero attached hydrogens (tertiary/aromatic N) is 2. The van der Waals surface area contributed by atoms with Gasteiger partial charge in [-0.05, 0) is 29.6 Å². The molecule has 1 amide bonds. The third-order valence-electron chi connectivity index (χ3n) is 2.69. The molecule has 2 heterocycles. The molecule has 0 atom stereocenters. The van der Waals surface area contributed by atoms with E-state index in [9.17, 15) is 4.79 Å². The molecule has 112 valence electrons. The van der Waals surface area contributed by atoms with Crippen LogP contribution in [0.5, 0.6) is 0 Å². The number of carbonyl (C=O) groups is 1. The SMILES string of the molecule is O=C(Cc1nnc(-c2ccsc2)o1)Nc1cc(Cl)cc(Cl)c1. The van der Waals surface area contributed by atoms with Crippen LogP contribution in [-0.2, 0) is 11.2 Å². The fraction of sp³-hybridized carbons (Fsp3) is 0.0714. The predicted molar refractivity (Wildman–Crippen MR) is 86.4 cm³/mol. The van der Waals surface area contributed by atoms with Gasteiger partial charge in [-0.15, -0.1) is 10.2 Å². The zero-order valence-electron chi connectivity index (χ0n) is 11.0. The summed E-state index contributed by atoms with van der Waals surface area (Å²) in [5.74, 6) is 0.348. The summed E-state index contributed by atoms with van der Waals surface area (Å²) in [6.45, 7) is 0. The molecule has 0 aliphatic carbocycles. The Morgan fingerprint density at radius 3 is 2.68 bits per heavy atom. The van der Waals surface area contributed by atoms with Crippen molar-refractivity contribution in [1.29, 1.82) is 0 Å². The first-order valence-corrected chi connectivity index (χ1v) is 7.91. The lowest BCUT2D eigenvalue weighted by atomic mass is 10.3. The average Bonchev–Trinajstić information content (AvgIpc) is 3.07. The molecule has 3 rings (SSSR count). The van der Waals surface area contributed by atoms with E-state index in [1.54, 1.807) is 18.2 Å². The summed E-state index contributed by atoms with van der Waals surface area (Å²) in [5.41, 5.74) is 1.35. The van der Waals surface area contributed by atoms with E-state index in [2.05, 4.69) is 15.5 Å². The van der Waals surface area contributed by atoms with Crippen molar-refractivity contribution in [3.05, 3.63) is 51.0 Å². The minimum atomic E-state index is -0.293. The van der Waals surface area contributed by atoms with Gasteiger partial charge in [0.15, 0.2) is 0 Å². The molecular weight excluding hydrogens is 345 g/mol. The van der Waals surface area contributed by atoms with E-state index in [4.69, 9.17) is 27.6 Å². The first-order valence-electron chi connectivity index (χ1n) is 6.21. The van der Waals surface area contributed by atoms with Crippen molar-refractivity contribution in [3.8, 4) is 11.5 Å². The average molecular weight is 354 g/mol. The third kappa shape index (κ3) is 3.65. The Kier molecular flexibility index (Phi) is 4.42. The van der Waals surface area contributed by atoms with Crippen LogP contribution in [-0.4, -0.2) is 16.1 Å². The van der Waals surface area contributed by atoms with Crippen molar-refractivity contribution >= 4 is 46.1 Å². The van der Waals surface area contributed by atoms with E-state index >= 15 is 0 Å². The Morgan fingerprint density at radius 2 is 2.00 bits per heavy atom. The zero-order valence-corrected chi connectivity index (χ0v) is 13.4. The lowest BCUT2D eigenvalue weighted by Gasteiger charge is -2.04. The van der Waals surface area contributed by atoms with Crippen molar-refractivity contribution in [2.24, 2.45) is 0 Å². The highest BCUT2D eigenvalue weighted by molar-refractivity contribution is 7.08. The van der Waals surface area contributed by atoms with Crippen molar-refractivity contribution in [3.63, 3.8) is 0 Å². The minimum absolute atomic E-state index is 0.0265. The highest BCUT2D eigenvalue weighted by atomic mass is 35.5. The number of aromatic nitrogens is 2. The Balaban J connectivity index is 1.67. The van der Waals surface area contributed by atoms with Gasteiger partial charge in [-0.1, -0.05) is 23.2 Å². The van der Waals surface area contributed by atoms with Gasteiger partial charge in [0.2, 0.25) is 17.7 Å². The van der Waals surface area contributed by atoms with Gasteiger partial charge in [0, 0.05) is 26.7 Å². The van der Waals surface area contributed by atoms with Crippen molar-refractivity contribution in [2.45, 2.75) is 6.42 Å². The number of nitrogens with one attached hydrogen (secondary N) is 1. The fourth-order valence-electron chi connectivity index (χ4n) is 1.80. The standard InChI is InChI=1S/C14H9Cl2N3O2S/c15-9-3-10(16)5-11(4-9)17-12(20)6-13-18-19-14(21-13)8-1-2-22-7-8/h1-5,7H,6H2,(H,17,20). The van der Waals surface area contributed by atoms with Gasteiger partial charge in [0.05, 0.1) is 0 Å². The first kappa shape index (κ1) is 15.0. The molecule has 0 aliphatic heterocycles. The molecule has 0 spiro atoms. The van der Waals surface area contributed by atoms with Gasteiger partial charge < -0.3 is 9.73 Å². The molecule has 0 radical (unpaired) electrons. The molecule has 0 saturated heterocycles. The second kappa shape index (κ2) is 6.48. The van der Waals surface area contributed by atoms with Gasteiger partial charge in [-0.2, -0.15) is 11.3 Å². The van der Waals surface area contributed by atoms with E-state index in [1.165, 1.54) is 11.3 Å². The van der Waals surface area contributed by atoms with Crippen LogP contribution in [0.25, 0.3) is 11.5 Å². The van der Waals surface area contributed by atoms with Crippen LogP contribution in [0, 0.1) is 0 Å². The van der Waals surface area contributed by atoms with Crippen LogP contribution in [0.15, 0.2) is 39.4 Å².